The molecule has 0 aliphatic rings. The Morgan fingerprint density at radius 1 is 1.33 bits per heavy atom. The second-order valence-corrected chi connectivity index (χ2v) is 5.78. The largest absolute Gasteiger partial charge is 0.354 e. The van der Waals surface area contributed by atoms with Crippen LogP contribution in [0.15, 0.2) is 12.1 Å². The second-order valence-electron chi connectivity index (χ2n) is 4.53. The van der Waals surface area contributed by atoms with Gasteiger partial charge in [0.25, 0.3) is 0 Å². The van der Waals surface area contributed by atoms with Crippen molar-refractivity contribution in [1.29, 1.82) is 0 Å². The predicted molar refractivity (Wildman–Crippen MR) is 77.9 cm³/mol. The lowest BCUT2D eigenvalue weighted by Crippen LogP contribution is -2.33. The topological polar surface area (TPSA) is 41.1 Å². The number of amides is 1. The predicted octanol–water partition coefficient (Wildman–Crippen LogP) is 2.70. The van der Waals surface area contributed by atoms with Crippen LogP contribution in [0.5, 0.6) is 0 Å². The Labute approximate surface area is 114 Å². The van der Waals surface area contributed by atoms with Crippen molar-refractivity contribution in [2.45, 2.75) is 52.6 Å². The number of aryl methyl sites for hydroxylation is 1. The monoisotopic (exact) mass is 268 g/mol. The van der Waals surface area contributed by atoms with Crippen molar-refractivity contribution >= 4 is 17.2 Å². The standard InChI is InChI=1S/C14H24N2OS/c1-4-11(3)16-14(17)8-9-15-10-13-7-6-12(5-2)18-13/h6-7,11,15H,4-5,8-10H2,1-3H3,(H,16,17). The smallest absolute Gasteiger partial charge is 0.221 e. The van der Waals surface area contributed by atoms with Gasteiger partial charge in [0, 0.05) is 35.3 Å². The summed E-state index contributed by atoms with van der Waals surface area (Å²) in [7, 11) is 0. The van der Waals surface area contributed by atoms with Crippen molar-refractivity contribution in [2.75, 3.05) is 6.54 Å². The van der Waals surface area contributed by atoms with Crippen molar-refractivity contribution in [1.82, 2.24) is 10.6 Å². The second kappa shape index (κ2) is 8.27. The molecule has 0 spiro atoms. The molecule has 1 aromatic rings. The molecule has 1 rings (SSSR count). The first-order valence-corrected chi connectivity index (χ1v) is 7.55. The van der Waals surface area contributed by atoms with E-state index >= 15 is 0 Å². The van der Waals surface area contributed by atoms with Crippen LogP contribution in [0, 0.1) is 0 Å². The molecule has 1 amide bonds. The van der Waals surface area contributed by atoms with Crippen molar-refractivity contribution in [3.8, 4) is 0 Å². The number of rotatable bonds is 8. The number of carbonyl (C=O) groups excluding carboxylic acids is 1. The van der Waals surface area contributed by atoms with E-state index in [4.69, 9.17) is 0 Å². The number of carbonyl (C=O) groups is 1. The zero-order valence-corrected chi connectivity index (χ0v) is 12.4. The molecule has 0 aliphatic carbocycles. The molecule has 2 N–H and O–H groups in total. The molecule has 0 aromatic carbocycles. The van der Waals surface area contributed by atoms with E-state index in [9.17, 15) is 4.79 Å². The highest BCUT2D eigenvalue weighted by Gasteiger charge is 2.04. The molecule has 0 fully saturated rings. The van der Waals surface area contributed by atoms with Gasteiger partial charge in [-0.15, -0.1) is 11.3 Å². The fourth-order valence-corrected chi connectivity index (χ4v) is 2.50. The van der Waals surface area contributed by atoms with E-state index < -0.39 is 0 Å². The summed E-state index contributed by atoms with van der Waals surface area (Å²) in [5.74, 6) is 0.136. The molecule has 0 saturated heterocycles. The Morgan fingerprint density at radius 3 is 2.67 bits per heavy atom. The molecule has 0 radical (unpaired) electrons. The highest BCUT2D eigenvalue weighted by atomic mass is 32.1. The number of nitrogens with one attached hydrogen (secondary N) is 2. The van der Waals surface area contributed by atoms with Crippen LogP contribution in [-0.4, -0.2) is 18.5 Å². The maximum Gasteiger partial charge on any atom is 0.221 e. The Balaban J connectivity index is 2.13. The van der Waals surface area contributed by atoms with E-state index in [2.05, 4.69) is 36.6 Å². The lowest BCUT2D eigenvalue weighted by molar-refractivity contribution is -0.121. The van der Waals surface area contributed by atoms with Crippen LogP contribution < -0.4 is 10.6 Å². The third-order valence-electron chi connectivity index (χ3n) is 2.91. The summed E-state index contributed by atoms with van der Waals surface area (Å²) in [5, 5.41) is 6.28. The van der Waals surface area contributed by atoms with Gasteiger partial charge in [-0.2, -0.15) is 0 Å². The first-order valence-electron chi connectivity index (χ1n) is 6.73. The van der Waals surface area contributed by atoms with Gasteiger partial charge in [0.2, 0.25) is 5.91 Å². The Morgan fingerprint density at radius 2 is 2.06 bits per heavy atom. The summed E-state index contributed by atoms with van der Waals surface area (Å²) in [5.41, 5.74) is 0. The minimum atomic E-state index is 0.136. The summed E-state index contributed by atoms with van der Waals surface area (Å²) in [6.07, 6.45) is 2.63. The third kappa shape index (κ3) is 5.65. The SMILES string of the molecule is CCc1ccc(CNCCC(=O)NC(C)CC)s1. The fourth-order valence-electron chi connectivity index (χ4n) is 1.57. The molecule has 102 valence electrons. The van der Waals surface area contributed by atoms with Gasteiger partial charge in [-0.1, -0.05) is 13.8 Å². The van der Waals surface area contributed by atoms with Crippen LogP contribution in [0.3, 0.4) is 0 Å². The molecule has 0 aliphatic heterocycles. The van der Waals surface area contributed by atoms with Crippen LogP contribution in [0.4, 0.5) is 0 Å². The van der Waals surface area contributed by atoms with E-state index in [0.717, 1.165) is 25.9 Å². The van der Waals surface area contributed by atoms with Gasteiger partial charge < -0.3 is 10.6 Å². The van der Waals surface area contributed by atoms with Gasteiger partial charge in [-0.25, -0.2) is 0 Å². The van der Waals surface area contributed by atoms with E-state index in [-0.39, 0.29) is 11.9 Å². The summed E-state index contributed by atoms with van der Waals surface area (Å²) in [6, 6.07) is 4.62. The number of thiophene rings is 1. The molecule has 1 aromatic heterocycles. The minimum absolute atomic E-state index is 0.136. The average Bonchev–Trinajstić information content (AvgIpc) is 2.82. The molecule has 0 saturated carbocycles. The molecule has 1 heterocycles. The summed E-state index contributed by atoms with van der Waals surface area (Å²) >= 11 is 1.84. The Hall–Kier alpha value is -0.870. The Bertz CT molecular complexity index is 362. The number of hydrogen-bond donors (Lipinski definition) is 2. The molecule has 0 bridgehead atoms. The molecule has 3 nitrogen and oxygen atoms in total. The maximum absolute atomic E-state index is 11.5. The van der Waals surface area contributed by atoms with Crippen molar-refractivity contribution in [2.24, 2.45) is 0 Å². The van der Waals surface area contributed by atoms with E-state index in [1.54, 1.807) is 0 Å². The van der Waals surface area contributed by atoms with Gasteiger partial charge in [-0.05, 0) is 31.9 Å². The molecule has 1 unspecified atom stereocenters. The van der Waals surface area contributed by atoms with Crippen LogP contribution in [0.25, 0.3) is 0 Å². The zero-order valence-electron chi connectivity index (χ0n) is 11.6. The summed E-state index contributed by atoms with van der Waals surface area (Å²) in [4.78, 5) is 14.3. The van der Waals surface area contributed by atoms with Crippen LogP contribution in [-0.2, 0) is 17.8 Å². The molecule has 1 atom stereocenters. The van der Waals surface area contributed by atoms with Gasteiger partial charge in [-0.3, -0.25) is 4.79 Å². The van der Waals surface area contributed by atoms with Gasteiger partial charge >= 0.3 is 0 Å². The summed E-state index contributed by atoms with van der Waals surface area (Å²) < 4.78 is 0. The maximum atomic E-state index is 11.5. The van der Waals surface area contributed by atoms with Crippen LogP contribution in [0.2, 0.25) is 0 Å². The first kappa shape index (κ1) is 15.2. The normalized spacial score (nSPS) is 12.4. The Kier molecular flexibility index (Phi) is 6.98. The highest BCUT2D eigenvalue weighted by molar-refractivity contribution is 7.11. The zero-order chi connectivity index (χ0) is 13.4. The lowest BCUT2D eigenvalue weighted by Gasteiger charge is -2.11. The highest BCUT2D eigenvalue weighted by Crippen LogP contribution is 2.16. The third-order valence-corrected chi connectivity index (χ3v) is 4.14. The van der Waals surface area contributed by atoms with Crippen molar-refractivity contribution in [3.63, 3.8) is 0 Å². The van der Waals surface area contributed by atoms with E-state index in [1.165, 1.54) is 9.75 Å². The van der Waals surface area contributed by atoms with Crippen molar-refractivity contribution in [3.05, 3.63) is 21.9 Å². The van der Waals surface area contributed by atoms with Gasteiger partial charge in [0.1, 0.15) is 0 Å². The fraction of sp³-hybridized carbons (Fsp3) is 0.643. The lowest BCUT2D eigenvalue weighted by atomic mass is 10.2. The average molecular weight is 268 g/mol. The number of hydrogen-bond acceptors (Lipinski definition) is 3. The van der Waals surface area contributed by atoms with Crippen LogP contribution >= 0.6 is 11.3 Å². The van der Waals surface area contributed by atoms with Crippen LogP contribution in [0.1, 0.15) is 43.4 Å². The molecular weight excluding hydrogens is 244 g/mol. The first-order chi connectivity index (χ1) is 8.65. The quantitative estimate of drug-likeness (QED) is 0.712. The molecular formula is C14H24N2OS. The van der Waals surface area contributed by atoms with Gasteiger partial charge in [0.15, 0.2) is 0 Å². The van der Waals surface area contributed by atoms with Crippen molar-refractivity contribution < 1.29 is 4.79 Å². The minimum Gasteiger partial charge on any atom is -0.354 e. The molecule has 4 heteroatoms. The summed E-state index contributed by atoms with van der Waals surface area (Å²) in [6.45, 7) is 7.87. The van der Waals surface area contributed by atoms with Gasteiger partial charge in [0.05, 0.1) is 0 Å². The van der Waals surface area contributed by atoms with E-state index in [0.29, 0.717) is 6.42 Å². The molecule has 18 heavy (non-hydrogen) atoms. The van der Waals surface area contributed by atoms with E-state index in [1.807, 2.05) is 18.3 Å².